The number of hydrogen-bond donors (Lipinski definition) is 0. The molecule has 0 aliphatic carbocycles. The van der Waals surface area contributed by atoms with Gasteiger partial charge in [0.25, 0.3) is 0 Å². The van der Waals surface area contributed by atoms with E-state index < -0.39 is 0 Å². The largest absolute Gasteiger partial charge is 0.379 e. The van der Waals surface area contributed by atoms with Gasteiger partial charge in [-0.25, -0.2) is 3.11 Å². The topological polar surface area (TPSA) is 15.7 Å². The molecule has 0 saturated carbocycles. The fourth-order valence-corrected chi connectivity index (χ4v) is 3.26. The van der Waals surface area contributed by atoms with Crippen molar-refractivity contribution in [2.24, 2.45) is 0 Å². The number of nitrogens with zero attached hydrogens (tertiary/aromatic N) is 2. The third kappa shape index (κ3) is 2.81. The first-order valence-corrected chi connectivity index (χ1v) is 7.09. The van der Waals surface area contributed by atoms with Gasteiger partial charge in [-0.15, -0.1) is 0 Å². The highest BCUT2D eigenvalue weighted by molar-refractivity contribution is 14.1. The number of fused-ring (bicyclic) bond motifs is 1. The van der Waals surface area contributed by atoms with Crippen LogP contribution in [-0.2, 0) is 24.4 Å². The Morgan fingerprint density at radius 1 is 1.12 bits per heavy atom. The van der Waals surface area contributed by atoms with Crippen LogP contribution in [0, 0.1) is 0 Å². The third-order valence-corrected chi connectivity index (χ3v) is 4.15. The van der Waals surface area contributed by atoms with Gasteiger partial charge in [0, 0.05) is 55.6 Å². The Hall–Kier alpha value is -0.170. The molecule has 1 fully saturated rings. The molecule has 2 aliphatic rings. The van der Waals surface area contributed by atoms with E-state index in [0.717, 1.165) is 45.9 Å². The monoisotopic (exact) mass is 344 g/mol. The van der Waals surface area contributed by atoms with Crippen molar-refractivity contribution in [1.82, 2.24) is 8.01 Å². The zero-order valence-corrected chi connectivity index (χ0v) is 12.0. The summed E-state index contributed by atoms with van der Waals surface area (Å²) in [5.74, 6) is 0. The van der Waals surface area contributed by atoms with E-state index in [4.69, 9.17) is 4.74 Å². The highest BCUT2D eigenvalue weighted by atomic mass is 127. The summed E-state index contributed by atoms with van der Waals surface area (Å²) in [4.78, 5) is 2.47. The molecule has 1 saturated heterocycles. The van der Waals surface area contributed by atoms with Crippen LogP contribution in [0.5, 0.6) is 0 Å². The van der Waals surface area contributed by atoms with Crippen LogP contribution in [0.2, 0.25) is 0 Å². The average Bonchev–Trinajstić information content (AvgIpc) is 2.70. The van der Waals surface area contributed by atoms with E-state index >= 15 is 0 Å². The lowest BCUT2D eigenvalue weighted by atomic mass is 10.1. The van der Waals surface area contributed by atoms with Crippen LogP contribution in [0.3, 0.4) is 0 Å². The van der Waals surface area contributed by atoms with Crippen molar-refractivity contribution in [2.45, 2.75) is 19.6 Å². The molecule has 92 valence electrons. The molecule has 0 aromatic heterocycles. The molecule has 17 heavy (non-hydrogen) atoms. The molecule has 2 aliphatic heterocycles. The summed E-state index contributed by atoms with van der Waals surface area (Å²) in [6.07, 6.45) is 0. The number of benzene rings is 1. The second kappa shape index (κ2) is 5.22. The van der Waals surface area contributed by atoms with Gasteiger partial charge in [-0.2, -0.15) is 0 Å². The molecule has 3 nitrogen and oxygen atoms in total. The second-order valence-corrected chi connectivity index (χ2v) is 6.13. The highest BCUT2D eigenvalue weighted by Gasteiger charge is 2.17. The molecule has 1 aromatic carbocycles. The summed E-state index contributed by atoms with van der Waals surface area (Å²) in [6.45, 7) is 7.14. The molecular formula is C13H17IN2O. The summed E-state index contributed by atoms with van der Waals surface area (Å²) in [5.41, 5.74) is 4.44. The molecule has 2 heterocycles. The van der Waals surface area contributed by atoms with Gasteiger partial charge in [0.1, 0.15) is 0 Å². The van der Waals surface area contributed by atoms with Gasteiger partial charge in [-0.3, -0.25) is 4.90 Å². The zero-order valence-electron chi connectivity index (χ0n) is 9.86. The van der Waals surface area contributed by atoms with Gasteiger partial charge in [0.05, 0.1) is 13.2 Å². The van der Waals surface area contributed by atoms with Gasteiger partial charge in [-0.05, 0) is 16.7 Å². The molecule has 0 amide bonds. The van der Waals surface area contributed by atoms with E-state index in [0.29, 0.717) is 0 Å². The maximum absolute atomic E-state index is 5.38. The molecule has 0 radical (unpaired) electrons. The lowest BCUT2D eigenvalue weighted by Gasteiger charge is -2.26. The maximum atomic E-state index is 5.38. The fraction of sp³-hybridized carbons (Fsp3) is 0.538. The molecule has 0 spiro atoms. The Kier molecular flexibility index (Phi) is 3.65. The second-order valence-electron chi connectivity index (χ2n) is 4.77. The standard InChI is InChI=1S/C13H17IN2O/c14-16-9-12-2-1-11(7-13(12)10-16)8-15-3-5-17-6-4-15/h1-2,7H,3-6,8-10H2. The van der Waals surface area contributed by atoms with Crippen LogP contribution < -0.4 is 0 Å². The van der Waals surface area contributed by atoms with E-state index in [9.17, 15) is 0 Å². The van der Waals surface area contributed by atoms with E-state index in [1.165, 1.54) is 16.7 Å². The first-order valence-electron chi connectivity index (χ1n) is 6.13. The van der Waals surface area contributed by atoms with Crippen LogP contribution in [-0.4, -0.2) is 34.3 Å². The smallest absolute Gasteiger partial charge is 0.0594 e. The average molecular weight is 344 g/mol. The first kappa shape index (κ1) is 11.9. The van der Waals surface area contributed by atoms with E-state index in [1.54, 1.807) is 0 Å². The number of halogens is 1. The molecule has 0 N–H and O–H groups in total. The predicted octanol–water partition coefficient (Wildman–Crippen LogP) is 2.18. The number of hydrogen-bond acceptors (Lipinski definition) is 3. The molecule has 0 bridgehead atoms. The van der Waals surface area contributed by atoms with Gasteiger partial charge < -0.3 is 4.74 Å². The molecule has 0 atom stereocenters. The van der Waals surface area contributed by atoms with Crippen LogP contribution in [0.25, 0.3) is 0 Å². The van der Waals surface area contributed by atoms with Crippen LogP contribution in [0.4, 0.5) is 0 Å². The van der Waals surface area contributed by atoms with Crippen molar-refractivity contribution >= 4 is 22.9 Å². The van der Waals surface area contributed by atoms with Crippen LogP contribution >= 0.6 is 22.9 Å². The maximum Gasteiger partial charge on any atom is 0.0594 e. The fourth-order valence-electron chi connectivity index (χ4n) is 2.52. The van der Waals surface area contributed by atoms with Crippen molar-refractivity contribution < 1.29 is 4.74 Å². The van der Waals surface area contributed by atoms with Gasteiger partial charge in [0.2, 0.25) is 0 Å². The van der Waals surface area contributed by atoms with Crippen LogP contribution in [0.15, 0.2) is 18.2 Å². The molecular weight excluding hydrogens is 327 g/mol. The van der Waals surface area contributed by atoms with Crippen molar-refractivity contribution in [3.63, 3.8) is 0 Å². The SMILES string of the molecule is IN1Cc2ccc(CN3CCOCC3)cc2C1. The van der Waals surface area contributed by atoms with E-state index in [1.807, 2.05) is 0 Å². The zero-order chi connectivity index (χ0) is 11.7. The summed E-state index contributed by atoms with van der Waals surface area (Å²) < 4.78 is 7.71. The lowest BCUT2D eigenvalue weighted by Crippen LogP contribution is -2.35. The van der Waals surface area contributed by atoms with Crippen molar-refractivity contribution in [2.75, 3.05) is 26.3 Å². The minimum Gasteiger partial charge on any atom is -0.379 e. The number of ether oxygens (including phenoxy) is 1. The quantitative estimate of drug-likeness (QED) is 0.604. The lowest BCUT2D eigenvalue weighted by molar-refractivity contribution is 0.0342. The van der Waals surface area contributed by atoms with E-state index in [-0.39, 0.29) is 0 Å². The Bertz CT molecular complexity index is 404. The van der Waals surface area contributed by atoms with Gasteiger partial charge >= 0.3 is 0 Å². The van der Waals surface area contributed by atoms with Crippen molar-refractivity contribution in [3.05, 3.63) is 34.9 Å². The summed E-state index contributed by atoms with van der Waals surface area (Å²) in [7, 11) is 0. The molecule has 3 rings (SSSR count). The summed E-state index contributed by atoms with van der Waals surface area (Å²) >= 11 is 2.40. The number of morpholine rings is 1. The highest BCUT2D eigenvalue weighted by Crippen LogP contribution is 2.26. The third-order valence-electron chi connectivity index (χ3n) is 3.46. The molecule has 4 heteroatoms. The molecule has 1 aromatic rings. The normalized spacial score (nSPS) is 21.7. The summed E-state index contributed by atoms with van der Waals surface area (Å²) in [6, 6.07) is 6.96. The van der Waals surface area contributed by atoms with Crippen LogP contribution in [0.1, 0.15) is 16.7 Å². The Balaban J connectivity index is 1.69. The summed E-state index contributed by atoms with van der Waals surface area (Å²) in [5, 5.41) is 0. The first-order chi connectivity index (χ1) is 8.31. The minimum absolute atomic E-state index is 0.881. The van der Waals surface area contributed by atoms with Crippen molar-refractivity contribution in [3.8, 4) is 0 Å². The molecule has 0 unspecified atom stereocenters. The Labute approximate surface area is 116 Å². The van der Waals surface area contributed by atoms with Crippen molar-refractivity contribution in [1.29, 1.82) is 0 Å². The minimum atomic E-state index is 0.881. The van der Waals surface area contributed by atoms with Gasteiger partial charge in [-0.1, -0.05) is 18.2 Å². The Morgan fingerprint density at radius 3 is 2.71 bits per heavy atom. The number of rotatable bonds is 2. The van der Waals surface area contributed by atoms with Gasteiger partial charge in [0.15, 0.2) is 0 Å². The van der Waals surface area contributed by atoms with E-state index in [2.05, 4.69) is 49.1 Å². The predicted molar refractivity (Wildman–Crippen MR) is 75.8 cm³/mol. The Morgan fingerprint density at radius 2 is 1.88 bits per heavy atom.